The SMILES string of the molecule is COC(=O)C12CCC(CC1)N(Cc1ccc(-c3cccc(-c4cccc(NC(=O)c5nc6c(n5C)CCNC6)c4Cl)c3Cl)nc1OC)C2. The summed E-state index contributed by atoms with van der Waals surface area (Å²) < 4.78 is 12.8. The number of fused-ring (bicyclic) bond motifs is 4. The Balaban J connectivity index is 1.14. The highest BCUT2D eigenvalue weighted by molar-refractivity contribution is 6.39. The lowest BCUT2D eigenvalue weighted by molar-refractivity contribution is -0.163. The maximum Gasteiger partial charge on any atom is 0.313 e. The Morgan fingerprint density at radius 1 is 1.00 bits per heavy atom. The second-order valence-electron chi connectivity index (χ2n) is 12.9. The lowest BCUT2D eigenvalue weighted by Crippen LogP contribution is -2.56. The van der Waals surface area contributed by atoms with Crippen molar-refractivity contribution in [2.75, 3.05) is 32.6 Å². The highest BCUT2D eigenvalue weighted by Gasteiger charge is 2.50. The van der Waals surface area contributed by atoms with Crippen molar-refractivity contribution < 1.29 is 19.1 Å². The number of nitrogens with zero attached hydrogens (tertiary/aromatic N) is 4. The summed E-state index contributed by atoms with van der Waals surface area (Å²) >= 11 is 14.0. The van der Waals surface area contributed by atoms with Gasteiger partial charge in [-0.2, -0.15) is 0 Å². The summed E-state index contributed by atoms with van der Waals surface area (Å²) in [4.78, 5) is 37.8. The van der Waals surface area contributed by atoms with Gasteiger partial charge in [-0.15, -0.1) is 0 Å². The quantitative estimate of drug-likeness (QED) is 0.208. The molecule has 4 aliphatic rings. The van der Waals surface area contributed by atoms with Gasteiger partial charge < -0.3 is 24.7 Å². The van der Waals surface area contributed by atoms with Gasteiger partial charge in [-0.3, -0.25) is 14.5 Å². The molecule has 2 aromatic carbocycles. The van der Waals surface area contributed by atoms with E-state index in [2.05, 4.69) is 20.5 Å². The van der Waals surface area contributed by atoms with Crippen LogP contribution < -0.4 is 15.4 Å². The predicted octanol–water partition coefficient (Wildman–Crippen LogP) is 6.28. The van der Waals surface area contributed by atoms with Crippen LogP contribution in [0.2, 0.25) is 10.0 Å². The summed E-state index contributed by atoms with van der Waals surface area (Å²) in [6, 6.07) is 15.6. The number of amides is 1. The van der Waals surface area contributed by atoms with Gasteiger partial charge in [0, 0.05) is 73.6 Å². The number of methoxy groups -OCH3 is 2. The molecule has 1 saturated carbocycles. The van der Waals surface area contributed by atoms with Crippen molar-refractivity contribution in [3.05, 3.63) is 81.4 Å². The van der Waals surface area contributed by atoms with Crippen molar-refractivity contribution in [2.45, 2.75) is 51.2 Å². The molecule has 2 bridgehead atoms. The van der Waals surface area contributed by atoms with Crippen LogP contribution in [0.4, 0.5) is 5.69 Å². The second-order valence-corrected chi connectivity index (χ2v) is 13.6. The first kappa shape index (κ1) is 32.6. The number of piperidine rings is 2. The highest BCUT2D eigenvalue weighted by Crippen LogP contribution is 2.46. The van der Waals surface area contributed by atoms with E-state index in [1.807, 2.05) is 54.1 Å². The van der Waals surface area contributed by atoms with Crippen LogP contribution in [0.5, 0.6) is 5.88 Å². The summed E-state index contributed by atoms with van der Waals surface area (Å²) in [5.74, 6) is 0.402. The number of aromatic nitrogens is 3. The van der Waals surface area contributed by atoms with Crippen molar-refractivity contribution in [3.63, 3.8) is 0 Å². The molecular weight excluding hydrogens is 651 g/mol. The van der Waals surface area contributed by atoms with Gasteiger partial charge in [-0.05, 0) is 37.8 Å². The first-order chi connectivity index (χ1) is 23.2. The molecule has 10 nitrogen and oxygen atoms in total. The fourth-order valence-corrected chi connectivity index (χ4v) is 8.21. The van der Waals surface area contributed by atoms with E-state index in [1.54, 1.807) is 13.2 Å². The number of carbonyl (C=O) groups excluding carboxylic acids is 2. The zero-order valence-electron chi connectivity index (χ0n) is 27.2. The van der Waals surface area contributed by atoms with Gasteiger partial charge in [0.2, 0.25) is 5.88 Å². The van der Waals surface area contributed by atoms with Crippen LogP contribution in [0.3, 0.4) is 0 Å². The van der Waals surface area contributed by atoms with E-state index in [-0.39, 0.29) is 11.9 Å². The third-order valence-corrected chi connectivity index (χ3v) is 11.0. The predicted molar refractivity (Wildman–Crippen MR) is 185 cm³/mol. The van der Waals surface area contributed by atoms with E-state index in [0.717, 1.165) is 61.2 Å². The Kier molecular flexibility index (Phi) is 8.93. The third kappa shape index (κ3) is 5.74. The Morgan fingerprint density at radius 2 is 1.73 bits per heavy atom. The van der Waals surface area contributed by atoms with Crippen molar-refractivity contribution in [2.24, 2.45) is 12.5 Å². The number of hydrogen-bond donors (Lipinski definition) is 2. The zero-order chi connectivity index (χ0) is 33.6. The van der Waals surface area contributed by atoms with Crippen LogP contribution in [0.25, 0.3) is 22.4 Å². The van der Waals surface area contributed by atoms with Gasteiger partial charge in [0.1, 0.15) is 0 Å². The average Bonchev–Trinajstić information content (AvgIpc) is 3.46. The number of imidazole rings is 1. The Hall–Kier alpha value is -3.96. The molecule has 2 aromatic heterocycles. The summed E-state index contributed by atoms with van der Waals surface area (Å²) in [7, 11) is 4.95. The Labute approximate surface area is 289 Å². The minimum Gasteiger partial charge on any atom is -0.481 e. The largest absolute Gasteiger partial charge is 0.481 e. The molecule has 0 atom stereocenters. The van der Waals surface area contributed by atoms with Crippen LogP contribution in [0.1, 0.15) is 53.3 Å². The first-order valence-corrected chi connectivity index (χ1v) is 17.0. The topological polar surface area (TPSA) is 111 Å². The van der Waals surface area contributed by atoms with E-state index >= 15 is 0 Å². The van der Waals surface area contributed by atoms with Crippen molar-refractivity contribution >= 4 is 40.8 Å². The fourth-order valence-electron chi connectivity index (χ4n) is 7.61. The summed E-state index contributed by atoms with van der Waals surface area (Å²) in [5.41, 5.74) is 5.67. The van der Waals surface area contributed by atoms with E-state index in [4.69, 9.17) is 37.7 Å². The number of nitrogens with one attached hydrogen (secondary N) is 2. The van der Waals surface area contributed by atoms with Gasteiger partial charge >= 0.3 is 5.97 Å². The summed E-state index contributed by atoms with van der Waals surface area (Å²) in [6.45, 7) is 2.79. The molecule has 3 fully saturated rings. The van der Waals surface area contributed by atoms with Gasteiger partial charge in [0.15, 0.2) is 5.82 Å². The van der Waals surface area contributed by atoms with Crippen LogP contribution in [0.15, 0.2) is 48.5 Å². The molecule has 5 heterocycles. The number of halogens is 2. The molecule has 8 rings (SSSR count). The highest BCUT2D eigenvalue weighted by atomic mass is 35.5. The third-order valence-electron chi connectivity index (χ3n) is 10.2. The number of ether oxygens (including phenoxy) is 2. The number of hydrogen-bond acceptors (Lipinski definition) is 8. The van der Waals surface area contributed by atoms with Crippen LogP contribution in [0, 0.1) is 5.41 Å². The van der Waals surface area contributed by atoms with E-state index in [0.29, 0.717) is 69.9 Å². The number of carbonyl (C=O) groups is 2. The van der Waals surface area contributed by atoms with Crippen molar-refractivity contribution in [1.82, 2.24) is 24.8 Å². The Morgan fingerprint density at radius 3 is 2.46 bits per heavy atom. The maximum absolute atomic E-state index is 13.3. The van der Waals surface area contributed by atoms with E-state index in [9.17, 15) is 9.59 Å². The Bertz CT molecular complexity index is 1900. The number of rotatable bonds is 8. The number of esters is 1. The monoisotopic (exact) mass is 688 g/mol. The number of anilines is 1. The fraction of sp³-hybridized carbons (Fsp3) is 0.389. The lowest BCUT2D eigenvalue weighted by Gasteiger charge is -2.51. The molecule has 250 valence electrons. The van der Waals surface area contributed by atoms with Gasteiger partial charge in [-0.25, -0.2) is 9.97 Å². The first-order valence-electron chi connectivity index (χ1n) is 16.2. The van der Waals surface area contributed by atoms with Crippen molar-refractivity contribution in [1.29, 1.82) is 0 Å². The molecule has 0 spiro atoms. The lowest BCUT2D eigenvalue weighted by atomic mass is 9.67. The molecular formula is C36H38Cl2N6O4. The zero-order valence-corrected chi connectivity index (χ0v) is 28.7. The van der Waals surface area contributed by atoms with E-state index in [1.165, 1.54) is 7.11 Å². The van der Waals surface area contributed by atoms with Gasteiger partial charge in [-0.1, -0.05) is 59.6 Å². The van der Waals surface area contributed by atoms with Crippen LogP contribution in [-0.2, 0) is 36.1 Å². The van der Waals surface area contributed by atoms with Gasteiger partial charge in [0.25, 0.3) is 5.91 Å². The molecule has 2 saturated heterocycles. The van der Waals surface area contributed by atoms with Crippen molar-refractivity contribution in [3.8, 4) is 28.3 Å². The molecule has 2 N–H and O–H groups in total. The summed E-state index contributed by atoms with van der Waals surface area (Å²) in [6.07, 6.45) is 4.50. The molecule has 1 aliphatic carbocycles. The smallest absolute Gasteiger partial charge is 0.313 e. The molecule has 1 amide bonds. The maximum atomic E-state index is 13.3. The second kappa shape index (κ2) is 13.2. The number of benzene rings is 2. The number of pyridine rings is 1. The van der Waals surface area contributed by atoms with E-state index < -0.39 is 5.41 Å². The minimum absolute atomic E-state index is 0.113. The average molecular weight is 690 g/mol. The molecule has 3 aliphatic heterocycles. The summed E-state index contributed by atoms with van der Waals surface area (Å²) in [5, 5.41) is 7.09. The molecule has 0 radical (unpaired) electrons. The minimum atomic E-state index is -0.436. The normalized spacial score (nSPS) is 20.3. The molecule has 0 unspecified atom stereocenters. The molecule has 4 aromatic rings. The standard InChI is InChI=1S/C36H38Cl2N6O4/c1-43-29-14-17-39-18-28(29)40-32(43)33(45)41-27-9-5-7-24(31(27)38)23-6-4-8-25(30(23)37)26-11-10-21(34(42-26)47-2)19-44-20-36(35(46)48-3)15-12-22(44)13-16-36/h4-11,22,39H,12-20H2,1-3H3,(H,41,45). The van der Waals surface area contributed by atoms with Crippen LogP contribution in [-0.4, -0.2) is 64.7 Å². The molecule has 48 heavy (non-hydrogen) atoms. The molecule has 12 heteroatoms. The van der Waals surface area contributed by atoms with Crippen LogP contribution >= 0.6 is 23.2 Å². The van der Waals surface area contributed by atoms with Gasteiger partial charge in [0.05, 0.1) is 46.8 Å².